The summed E-state index contributed by atoms with van der Waals surface area (Å²) < 4.78 is 0. The highest BCUT2D eigenvalue weighted by molar-refractivity contribution is 7.99. The number of hydrogen-bond donors (Lipinski definition) is 1. The Hall–Kier alpha value is -0.220. The van der Waals surface area contributed by atoms with Gasteiger partial charge in [-0.25, -0.2) is 9.97 Å². The van der Waals surface area contributed by atoms with Crippen LogP contribution in [0.15, 0.2) is 23.6 Å². The van der Waals surface area contributed by atoms with Gasteiger partial charge in [-0.05, 0) is 30.1 Å². The van der Waals surface area contributed by atoms with Gasteiger partial charge in [0, 0.05) is 11.9 Å². The number of hydrogen-bond acceptors (Lipinski definition) is 4. The fourth-order valence-corrected chi connectivity index (χ4v) is 3.27. The largest absolute Gasteiger partial charge is 0.245 e. The highest BCUT2D eigenvalue weighted by Gasteiger charge is 2.24. The van der Waals surface area contributed by atoms with E-state index in [0.717, 1.165) is 16.5 Å². The van der Waals surface area contributed by atoms with Crippen molar-refractivity contribution in [2.75, 3.05) is 11.5 Å². The SMILES string of the molecule is CCC(CC)(CS)CSc1ccncn1. The average Bonchev–Trinajstić information content (AvgIpc) is 2.33. The molecule has 15 heavy (non-hydrogen) atoms. The lowest BCUT2D eigenvalue weighted by Crippen LogP contribution is -2.24. The first-order valence-corrected chi connectivity index (χ1v) is 6.88. The molecule has 1 rings (SSSR count). The molecular weight excluding hydrogens is 224 g/mol. The van der Waals surface area contributed by atoms with Gasteiger partial charge in [0.05, 0.1) is 5.03 Å². The molecule has 0 N–H and O–H groups in total. The summed E-state index contributed by atoms with van der Waals surface area (Å²) in [5.74, 6) is 2.03. The molecule has 0 radical (unpaired) electrons. The second-order valence-corrected chi connectivity index (χ2v) is 5.01. The number of thiol groups is 1. The Bertz CT molecular complexity index is 265. The van der Waals surface area contributed by atoms with Crippen LogP contribution in [0.25, 0.3) is 0 Å². The maximum absolute atomic E-state index is 4.46. The summed E-state index contributed by atoms with van der Waals surface area (Å²) in [5, 5.41) is 1.05. The van der Waals surface area contributed by atoms with Crippen molar-refractivity contribution in [2.45, 2.75) is 31.7 Å². The van der Waals surface area contributed by atoms with Crippen LogP contribution in [0.1, 0.15) is 26.7 Å². The molecule has 0 saturated carbocycles. The smallest absolute Gasteiger partial charge is 0.116 e. The quantitative estimate of drug-likeness (QED) is 0.471. The van der Waals surface area contributed by atoms with Gasteiger partial charge in [-0.15, -0.1) is 11.8 Å². The van der Waals surface area contributed by atoms with Crippen molar-refractivity contribution in [2.24, 2.45) is 5.41 Å². The molecule has 1 aromatic rings. The van der Waals surface area contributed by atoms with Gasteiger partial charge >= 0.3 is 0 Å². The second kappa shape index (κ2) is 6.38. The highest BCUT2D eigenvalue weighted by atomic mass is 32.2. The molecule has 1 aromatic heterocycles. The number of nitrogens with zero attached hydrogens (tertiary/aromatic N) is 2. The van der Waals surface area contributed by atoms with E-state index < -0.39 is 0 Å². The predicted molar refractivity (Wildman–Crippen MR) is 69.6 cm³/mol. The van der Waals surface area contributed by atoms with Gasteiger partial charge in [-0.3, -0.25) is 0 Å². The van der Waals surface area contributed by atoms with Gasteiger partial charge in [-0.2, -0.15) is 12.6 Å². The number of aromatic nitrogens is 2. The summed E-state index contributed by atoms with van der Waals surface area (Å²) in [7, 11) is 0. The summed E-state index contributed by atoms with van der Waals surface area (Å²) >= 11 is 6.26. The lowest BCUT2D eigenvalue weighted by molar-refractivity contribution is 0.357. The zero-order valence-electron chi connectivity index (χ0n) is 9.31. The fraction of sp³-hybridized carbons (Fsp3) is 0.636. The van der Waals surface area contributed by atoms with Crippen molar-refractivity contribution >= 4 is 24.4 Å². The molecule has 0 atom stereocenters. The van der Waals surface area contributed by atoms with Crippen molar-refractivity contribution < 1.29 is 0 Å². The minimum Gasteiger partial charge on any atom is -0.245 e. The van der Waals surface area contributed by atoms with Crippen LogP contribution in [-0.2, 0) is 0 Å². The van der Waals surface area contributed by atoms with Gasteiger partial charge in [0.2, 0.25) is 0 Å². The normalized spacial score (nSPS) is 11.7. The maximum atomic E-state index is 4.46. The molecule has 0 amide bonds. The van der Waals surface area contributed by atoms with Crippen LogP contribution in [-0.4, -0.2) is 21.5 Å². The molecule has 1 heterocycles. The first-order chi connectivity index (χ1) is 7.26. The summed E-state index contributed by atoms with van der Waals surface area (Å²) in [6, 6.07) is 1.96. The average molecular weight is 242 g/mol. The van der Waals surface area contributed by atoms with Crippen molar-refractivity contribution in [3.05, 3.63) is 18.6 Å². The second-order valence-electron chi connectivity index (χ2n) is 3.70. The minimum atomic E-state index is 0.346. The van der Waals surface area contributed by atoms with Gasteiger partial charge < -0.3 is 0 Å². The Labute approximate surface area is 102 Å². The van der Waals surface area contributed by atoms with E-state index in [-0.39, 0.29) is 0 Å². The topological polar surface area (TPSA) is 25.8 Å². The third kappa shape index (κ3) is 3.68. The number of rotatable bonds is 6. The van der Waals surface area contributed by atoms with E-state index >= 15 is 0 Å². The highest BCUT2D eigenvalue weighted by Crippen LogP contribution is 2.34. The summed E-state index contributed by atoms with van der Waals surface area (Å²) in [5.41, 5.74) is 0.346. The van der Waals surface area contributed by atoms with Crippen LogP contribution >= 0.6 is 24.4 Å². The van der Waals surface area contributed by atoms with Gasteiger partial charge in [-0.1, -0.05) is 13.8 Å². The zero-order valence-corrected chi connectivity index (χ0v) is 11.0. The van der Waals surface area contributed by atoms with Crippen LogP contribution < -0.4 is 0 Å². The third-order valence-corrected chi connectivity index (χ3v) is 4.88. The molecule has 0 fully saturated rings. The Morgan fingerprint density at radius 1 is 1.40 bits per heavy atom. The van der Waals surface area contributed by atoms with Crippen LogP contribution in [0.2, 0.25) is 0 Å². The molecule has 0 aliphatic carbocycles. The van der Waals surface area contributed by atoms with Crippen molar-refractivity contribution in [3.63, 3.8) is 0 Å². The van der Waals surface area contributed by atoms with Crippen LogP contribution in [0, 0.1) is 5.41 Å². The van der Waals surface area contributed by atoms with Crippen molar-refractivity contribution in [1.29, 1.82) is 0 Å². The van der Waals surface area contributed by atoms with Gasteiger partial charge in [0.25, 0.3) is 0 Å². The van der Waals surface area contributed by atoms with Crippen LogP contribution in [0.4, 0.5) is 0 Å². The monoisotopic (exact) mass is 242 g/mol. The first-order valence-electron chi connectivity index (χ1n) is 5.26. The predicted octanol–water partition coefficient (Wildman–Crippen LogP) is 3.30. The standard InChI is InChI=1S/C11H18N2S2/c1-3-11(4-2,7-14)8-15-10-5-6-12-9-13-10/h5-6,9,14H,3-4,7-8H2,1-2H3. The van der Waals surface area contributed by atoms with Crippen LogP contribution in [0.3, 0.4) is 0 Å². The molecule has 0 saturated heterocycles. The van der Waals surface area contributed by atoms with E-state index in [1.54, 1.807) is 24.3 Å². The molecule has 0 unspecified atom stereocenters. The Balaban J connectivity index is 2.54. The van der Waals surface area contributed by atoms with Gasteiger partial charge in [0.1, 0.15) is 6.33 Å². The third-order valence-electron chi connectivity index (χ3n) is 2.92. The molecular formula is C11H18N2S2. The van der Waals surface area contributed by atoms with E-state index in [0.29, 0.717) is 5.41 Å². The Morgan fingerprint density at radius 3 is 2.60 bits per heavy atom. The fourth-order valence-electron chi connectivity index (χ4n) is 1.31. The Kier molecular flexibility index (Phi) is 5.47. The van der Waals surface area contributed by atoms with Crippen molar-refractivity contribution in [1.82, 2.24) is 9.97 Å². The zero-order chi connectivity index (χ0) is 11.1. The lowest BCUT2D eigenvalue weighted by Gasteiger charge is -2.29. The lowest BCUT2D eigenvalue weighted by atomic mass is 9.87. The van der Waals surface area contributed by atoms with Crippen molar-refractivity contribution in [3.8, 4) is 0 Å². The van der Waals surface area contributed by atoms with E-state index in [1.165, 1.54) is 12.8 Å². The van der Waals surface area contributed by atoms with E-state index in [9.17, 15) is 0 Å². The first kappa shape index (κ1) is 12.8. The molecule has 0 bridgehead atoms. The van der Waals surface area contributed by atoms with Gasteiger partial charge in [0.15, 0.2) is 0 Å². The molecule has 0 aliphatic heterocycles. The molecule has 84 valence electrons. The van der Waals surface area contributed by atoms with E-state index in [1.807, 2.05) is 6.07 Å². The molecule has 2 nitrogen and oxygen atoms in total. The summed E-state index contributed by atoms with van der Waals surface area (Å²) in [6.07, 6.45) is 5.73. The van der Waals surface area contributed by atoms with E-state index in [2.05, 4.69) is 36.4 Å². The van der Waals surface area contributed by atoms with E-state index in [4.69, 9.17) is 0 Å². The minimum absolute atomic E-state index is 0.346. The summed E-state index contributed by atoms with van der Waals surface area (Å²) in [6.45, 7) is 4.47. The molecule has 0 aliphatic rings. The van der Waals surface area contributed by atoms with Crippen LogP contribution in [0.5, 0.6) is 0 Å². The summed E-state index contributed by atoms with van der Waals surface area (Å²) in [4.78, 5) is 8.12. The Morgan fingerprint density at radius 2 is 2.13 bits per heavy atom. The maximum Gasteiger partial charge on any atom is 0.116 e. The molecule has 0 spiro atoms. The molecule has 0 aromatic carbocycles. The molecule has 4 heteroatoms. The number of thioether (sulfide) groups is 1.